The van der Waals surface area contributed by atoms with E-state index in [9.17, 15) is 13.2 Å². The van der Waals surface area contributed by atoms with E-state index in [1.165, 1.54) is 30.5 Å². The van der Waals surface area contributed by atoms with Gasteiger partial charge in [-0.3, -0.25) is 11.3 Å². The fourth-order valence-electron chi connectivity index (χ4n) is 1.69. The Kier molecular flexibility index (Phi) is 4.20. The highest BCUT2D eigenvalue weighted by Gasteiger charge is 2.30. The minimum absolute atomic E-state index is 0.264. The van der Waals surface area contributed by atoms with Crippen LogP contribution in [0.3, 0.4) is 0 Å². The van der Waals surface area contributed by atoms with Gasteiger partial charge < -0.3 is 4.74 Å². The summed E-state index contributed by atoms with van der Waals surface area (Å²) in [4.78, 5) is 0. The Balaban J connectivity index is 2.03. The van der Waals surface area contributed by atoms with Crippen molar-refractivity contribution in [2.75, 3.05) is 0 Å². The number of nitrogens with one attached hydrogen (secondary N) is 2. The molecule has 2 aromatic rings. The molecule has 1 aromatic carbocycles. The molecule has 1 atom stereocenters. The highest BCUT2D eigenvalue weighted by molar-refractivity contribution is 5.28. The molecule has 20 heavy (non-hydrogen) atoms. The average Bonchev–Trinajstić information content (AvgIpc) is 2.90. The van der Waals surface area contributed by atoms with Crippen LogP contribution in [0.1, 0.15) is 17.3 Å². The van der Waals surface area contributed by atoms with E-state index in [1.54, 1.807) is 0 Å². The second-order valence-electron chi connectivity index (χ2n) is 4.01. The largest absolute Gasteiger partial charge is 0.573 e. The quantitative estimate of drug-likeness (QED) is 0.572. The topological polar surface area (TPSA) is 88.9 Å². The number of alkyl halides is 3. The van der Waals surface area contributed by atoms with Crippen molar-refractivity contribution in [3.63, 3.8) is 0 Å². The van der Waals surface area contributed by atoms with Crippen molar-refractivity contribution in [2.45, 2.75) is 18.8 Å². The molecule has 0 radical (unpaired) electrons. The predicted octanol–water partition coefficient (Wildman–Crippen LogP) is 1.45. The normalized spacial score (nSPS) is 13.2. The number of hydrogen-bond acceptors (Lipinski definition) is 5. The number of aromatic nitrogens is 3. The van der Waals surface area contributed by atoms with Gasteiger partial charge in [-0.25, -0.2) is 0 Å². The first-order chi connectivity index (χ1) is 9.48. The summed E-state index contributed by atoms with van der Waals surface area (Å²) in [6.45, 7) is 0. The van der Waals surface area contributed by atoms with Crippen molar-refractivity contribution >= 4 is 0 Å². The van der Waals surface area contributed by atoms with Gasteiger partial charge in [-0.15, -0.1) is 13.2 Å². The SMILES string of the molecule is NNC(Cc1ccc(OC(F)(F)F)cc1)c1cn[nH]n1. The fraction of sp³-hybridized carbons (Fsp3) is 0.273. The molecule has 1 unspecified atom stereocenters. The monoisotopic (exact) mass is 287 g/mol. The third-order valence-electron chi connectivity index (χ3n) is 2.59. The molecular weight excluding hydrogens is 275 g/mol. The second kappa shape index (κ2) is 5.88. The molecule has 0 fully saturated rings. The summed E-state index contributed by atoms with van der Waals surface area (Å²) < 4.78 is 39.9. The van der Waals surface area contributed by atoms with Crippen LogP contribution in [0.2, 0.25) is 0 Å². The summed E-state index contributed by atoms with van der Waals surface area (Å²) in [6, 6.07) is 5.28. The molecule has 6 nitrogen and oxygen atoms in total. The first-order valence-corrected chi connectivity index (χ1v) is 5.64. The van der Waals surface area contributed by atoms with E-state index in [1.807, 2.05) is 0 Å². The summed E-state index contributed by atoms with van der Waals surface area (Å²) in [5, 5.41) is 10.0. The van der Waals surface area contributed by atoms with Crippen LogP contribution in [0.5, 0.6) is 5.75 Å². The lowest BCUT2D eigenvalue weighted by atomic mass is 10.0. The Morgan fingerprint density at radius 3 is 2.50 bits per heavy atom. The number of aromatic amines is 1. The molecule has 0 aliphatic rings. The number of hydrazine groups is 1. The third-order valence-corrected chi connectivity index (χ3v) is 2.59. The van der Waals surface area contributed by atoms with Gasteiger partial charge in [0.2, 0.25) is 0 Å². The molecule has 9 heteroatoms. The van der Waals surface area contributed by atoms with E-state index in [0.717, 1.165) is 5.56 Å². The molecule has 0 bridgehead atoms. The van der Waals surface area contributed by atoms with Crippen molar-refractivity contribution in [3.05, 3.63) is 41.7 Å². The molecule has 0 saturated carbocycles. The number of ether oxygens (including phenoxy) is 1. The summed E-state index contributed by atoms with van der Waals surface area (Å²) in [6.07, 6.45) is -2.72. The number of hydrogen-bond donors (Lipinski definition) is 3. The summed E-state index contributed by atoms with van der Waals surface area (Å²) >= 11 is 0. The summed E-state index contributed by atoms with van der Waals surface area (Å²) in [5.74, 6) is 5.16. The minimum Gasteiger partial charge on any atom is -0.406 e. The Hall–Kier alpha value is -2.13. The van der Waals surface area contributed by atoms with Gasteiger partial charge in [-0.1, -0.05) is 12.1 Å². The number of nitrogens with zero attached hydrogens (tertiary/aromatic N) is 2. The van der Waals surface area contributed by atoms with Gasteiger partial charge in [0.15, 0.2) is 0 Å². The van der Waals surface area contributed by atoms with Crippen molar-refractivity contribution < 1.29 is 17.9 Å². The van der Waals surface area contributed by atoms with Crippen molar-refractivity contribution in [3.8, 4) is 5.75 Å². The van der Waals surface area contributed by atoms with Gasteiger partial charge >= 0.3 is 6.36 Å². The Bertz CT molecular complexity index is 526. The third kappa shape index (κ3) is 3.93. The molecule has 2 rings (SSSR count). The molecular formula is C11H12F3N5O. The maximum absolute atomic E-state index is 12.0. The molecule has 108 valence electrons. The van der Waals surface area contributed by atoms with Crippen molar-refractivity contribution in [2.24, 2.45) is 5.84 Å². The number of H-pyrrole nitrogens is 1. The van der Waals surface area contributed by atoms with E-state index >= 15 is 0 Å². The van der Waals surface area contributed by atoms with Crippen molar-refractivity contribution in [1.29, 1.82) is 0 Å². The maximum atomic E-state index is 12.0. The zero-order valence-corrected chi connectivity index (χ0v) is 10.2. The predicted molar refractivity (Wildman–Crippen MR) is 63.3 cm³/mol. The minimum atomic E-state index is -4.69. The van der Waals surface area contributed by atoms with Gasteiger partial charge in [-0.05, 0) is 24.1 Å². The van der Waals surface area contributed by atoms with Crippen LogP contribution in [-0.4, -0.2) is 21.8 Å². The molecule has 1 aromatic heterocycles. The molecule has 0 amide bonds. The van der Waals surface area contributed by atoms with Crippen LogP contribution >= 0.6 is 0 Å². The first kappa shape index (κ1) is 14.3. The zero-order valence-electron chi connectivity index (χ0n) is 10.2. The van der Waals surface area contributed by atoms with E-state index in [0.29, 0.717) is 12.1 Å². The van der Waals surface area contributed by atoms with Gasteiger partial charge in [0.1, 0.15) is 11.4 Å². The molecule has 0 aliphatic carbocycles. The molecule has 4 N–H and O–H groups in total. The Labute approximate surface area is 112 Å². The number of rotatable bonds is 5. The van der Waals surface area contributed by atoms with Crippen LogP contribution in [0.25, 0.3) is 0 Å². The van der Waals surface area contributed by atoms with Gasteiger partial charge in [-0.2, -0.15) is 15.4 Å². The summed E-state index contributed by atoms with van der Waals surface area (Å²) in [7, 11) is 0. The van der Waals surface area contributed by atoms with Crippen LogP contribution in [0.4, 0.5) is 13.2 Å². The Morgan fingerprint density at radius 1 is 1.30 bits per heavy atom. The average molecular weight is 287 g/mol. The fourth-order valence-corrected chi connectivity index (χ4v) is 1.69. The number of nitrogens with two attached hydrogens (primary N) is 1. The van der Waals surface area contributed by atoms with Crippen LogP contribution in [0, 0.1) is 0 Å². The standard InChI is InChI=1S/C11H12F3N5O/c12-11(13,14)20-8-3-1-7(2-4-8)5-9(17-15)10-6-16-19-18-10/h1-4,6,9,17H,5,15H2,(H,16,18,19). The van der Waals surface area contributed by atoms with E-state index < -0.39 is 6.36 Å². The summed E-state index contributed by atoms with van der Waals surface area (Å²) in [5.41, 5.74) is 3.97. The molecule has 0 spiro atoms. The van der Waals surface area contributed by atoms with Gasteiger partial charge in [0.25, 0.3) is 0 Å². The molecule has 0 aliphatic heterocycles. The van der Waals surface area contributed by atoms with E-state index in [2.05, 4.69) is 25.6 Å². The van der Waals surface area contributed by atoms with Gasteiger partial charge in [0.05, 0.1) is 12.2 Å². The van der Waals surface area contributed by atoms with Crippen LogP contribution in [-0.2, 0) is 6.42 Å². The highest BCUT2D eigenvalue weighted by Crippen LogP contribution is 2.24. The molecule has 0 saturated heterocycles. The van der Waals surface area contributed by atoms with Crippen LogP contribution < -0.4 is 16.0 Å². The van der Waals surface area contributed by atoms with Crippen molar-refractivity contribution in [1.82, 2.24) is 20.8 Å². The lowest BCUT2D eigenvalue weighted by Crippen LogP contribution is -2.29. The second-order valence-corrected chi connectivity index (χ2v) is 4.01. The smallest absolute Gasteiger partial charge is 0.406 e. The van der Waals surface area contributed by atoms with E-state index in [-0.39, 0.29) is 11.8 Å². The number of benzene rings is 1. The maximum Gasteiger partial charge on any atom is 0.573 e. The zero-order chi connectivity index (χ0) is 14.6. The van der Waals surface area contributed by atoms with Crippen LogP contribution in [0.15, 0.2) is 30.5 Å². The molecule has 1 heterocycles. The lowest BCUT2D eigenvalue weighted by Gasteiger charge is -2.13. The van der Waals surface area contributed by atoms with Gasteiger partial charge in [0, 0.05) is 0 Å². The van der Waals surface area contributed by atoms with E-state index in [4.69, 9.17) is 5.84 Å². The highest BCUT2D eigenvalue weighted by atomic mass is 19.4. The number of halogens is 3. The lowest BCUT2D eigenvalue weighted by molar-refractivity contribution is -0.274. The first-order valence-electron chi connectivity index (χ1n) is 5.64. The Morgan fingerprint density at radius 2 is 2.00 bits per heavy atom.